The Bertz CT molecular complexity index is 729. The summed E-state index contributed by atoms with van der Waals surface area (Å²) >= 11 is 0. The van der Waals surface area contributed by atoms with Gasteiger partial charge in [-0.2, -0.15) is 0 Å². The summed E-state index contributed by atoms with van der Waals surface area (Å²) in [5.41, 5.74) is 3.70. The molecule has 2 heterocycles. The molecular weight excluding hydrogens is 288 g/mol. The normalized spacial score (nSPS) is 22.4. The summed E-state index contributed by atoms with van der Waals surface area (Å²) in [6.45, 7) is 1.28. The molecule has 4 nitrogen and oxygen atoms in total. The molecule has 0 bridgehead atoms. The van der Waals surface area contributed by atoms with Crippen molar-refractivity contribution in [3.63, 3.8) is 0 Å². The van der Waals surface area contributed by atoms with Crippen molar-refractivity contribution in [3.05, 3.63) is 65.2 Å². The van der Waals surface area contributed by atoms with Crippen LogP contribution in [0.4, 0.5) is 0 Å². The SMILES string of the molecule is O=C(NC1COc2ccccc2C1)C1Cc2ccccc2CN1. The second-order valence-electron chi connectivity index (χ2n) is 6.23. The first-order valence-corrected chi connectivity index (χ1v) is 8.11. The number of carbonyl (C=O) groups excluding carboxylic acids is 1. The van der Waals surface area contributed by atoms with E-state index in [0.717, 1.165) is 30.7 Å². The largest absolute Gasteiger partial charge is 0.491 e. The number of benzene rings is 2. The van der Waals surface area contributed by atoms with Crippen molar-refractivity contribution in [1.82, 2.24) is 10.6 Å². The highest BCUT2D eigenvalue weighted by Crippen LogP contribution is 2.24. The molecule has 4 rings (SSSR count). The van der Waals surface area contributed by atoms with E-state index in [1.807, 2.05) is 30.3 Å². The lowest BCUT2D eigenvalue weighted by Crippen LogP contribution is -2.52. The van der Waals surface area contributed by atoms with E-state index in [-0.39, 0.29) is 18.0 Å². The average molecular weight is 308 g/mol. The maximum Gasteiger partial charge on any atom is 0.237 e. The lowest BCUT2D eigenvalue weighted by molar-refractivity contribution is -0.124. The first kappa shape index (κ1) is 14.3. The van der Waals surface area contributed by atoms with Crippen molar-refractivity contribution in [2.24, 2.45) is 0 Å². The molecule has 118 valence electrons. The first-order chi connectivity index (χ1) is 11.3. The molecule has 0 spiro atoms. The number of rotatable bonds is 2. The van der Waals surface area contributed by atoms with Crippen LogP contribution in [0.25, 0.3) is 0 Å². The molecule has 0 saturated carbocycles. The second kappa shape index (κ2) is 6.05. The first-order valence-electron chi connectivity index (χ1n) is 8.11. The minimum Gasteiger partial charge on any atom is -0.491 e. The highest BCUT2D eigenvalue weighted by Gasteiger charge is 2.27. The fourth-order valence-corrected chi connectivity index (χ4v) is 3.36. The summed E-state index contributed by atoms with van der Waals surface area (Å²) in [5, 5.41) is 6.46. The Hall–Kier alpha value is -2.33. The smallest absolute Gasteiger partial charge is 0.237 e. The summed E-state index contributed by atoms with van der Waals surface area (Å²) in [6.07, 6.45) is 1.57. The maximum absolute atomic E-state index is 12.6. The fraction of sp³-hybridized carbons (Fsp3) is 0.316. The van der Waals surface area contributed by atoms with Crippen LogP contribution in [0.1, 0.15) is 16.7 Å². The van der Waals surface area contributed by atoms with E-state index in [9.17, 15) is 4.79 Å². The Morgan fingerprint density at radius 3 is 2.61 bits per heavy atom. The Kier molecular flexibility index (Phi) is 3.75. The number of hydrogen-bond acceptors (Lipinski definition) is 3. The number of para-hydroxylation sites is 1. The molecule has 1 amide bonds. The van der Waals surface area contributed by atoms with Gasteiger partial charge in [-0.3, -0.25) is 4.79 Å². The Labute approximate surface area is 135 Å². The Morgan fingerprint density at radius 2 is 1.74 bits per heavy atom. The zero-order valence-corrected chi connectivity index (χ0v) is 12.9. The van der Waals surface area contributed by atoms with Gasteiger partial charge >= 0.3 is 0 Å². The van der Waals surface area contributed by atoms with Gasteiger partial charge in [0.1, 0.15) is 12.4 Å². The minimum atomic E-state index is -0.165. The van der Waals surface area contributed by atoms with Gasteiger partial charge in [-0.1, -0.05) is 42.5 Å². The quantitative estimate of drug-likeness (QED) is 0.890. The molecule has 2 aliphatic heterocycles. The van der Waals surface area contributed by atoms with Gasteiger partial charge in [0.25, 0.3) is 0 Å². The number of fused-ring (bicyclic) bond motifs is 2. The van der Waals surface area contributed by atoms with Gasteiger partial charge in [-0.25, -0.2) is 0 Å². The van der Waals surface area contributed by atoms with E-state index in [4.69, 9.17) is 4.74 Å². The van der Waals surface area contributed by atoms with Gasteiger partial charge < -0.3 is 15.4 Å². The molecule has 2 aromatic carbocycles. The van der Waals surface area contributed by atoms with Crippen molar-refractivity contribution < 1.29 is 9.53 Å². The number of ether oxygens (including phenoxy) is 1. The van der Waals surface area contributed by atoms with Crippen LogP contribution in [0.2, 0.25) is 0 Å². The molecule has 0 saturated heterocycles. The maximum atomic E-state index is 12.6. The van der Waals surface area contributed by atoms with E-state index < -0.39 is 0 Å². The van der Waals surface area contributed by atoms with E-state index in [2.05, 4.69) is 28.8 Å². The predicted octanol–water partition coefficient (Wildman–Crippen LogP) is 1.82. The average Bonchev–Trinajstić information content (AvgIpc) is 2.61. The van der Waals surface area contributed by atoms with E-state index in [0.29, 0.717) is 6.61 Å². The van der Waals surface area contributed by atoms with Gasteiger partial charge in [0.15, 0.2) is 0 Å². The minimum absolute atomic E-state index is 0.0383. The van der Waals surface area contributed by atoms with Gasteiger partial charge in [0, 0.05) is 6.54 Å². The van der Waals surface area contributed by atoms with Crippen LogP contribution in [-0.2, 0) is 24.2 Å². The molecular formula is C19H20N2O2. The fourth-order valence-electron chi connectivity index (χ4n) is 3.36. The molecule has 2 aromatic rings. The molecule has 0 fully saturated rings. The van der Waals surface area contributed by atoms with Crippen LogP contribution in [-0.4, -0.2) is 24.6 Å². The second-order valence-corrected chi connectivity index (χ2v) is 6.23. The number of nitrogens with one attached hydrogen (secondary N) is 2. The van der Waals surface area contributed by atoms with Crippen molar-refractivity contribution in [3.8, 4) is 5.75 Å². The monoisotopic (exact) mass is 308 g/mol. The third kappa shape index (κ3) is 2.94. The summed E-state index contributed by atoms with van der Waals surface area (Å²) in [4.78, 5) is 12.6. The highest BCUT2D eigenvalue weighted by molar-refractivity contribution is 5.82. The number of carbonyl (C=O) groups is 1. The zero-order chi connectivity index (χ0) is 15.6. The standard InChI is InChI=1S/C19H20N2O2/c22-19(17-10-13-5-1-2-7-15(13)11-20-17)21-16-9-14-6-3-4-8-18(14)23-12-16/h1-8,16-17,20H,9-12H2,(H,21,22). The van der Waals surface area contributed by atoms with Crippen LogP contribution in [0.15, 0.2) is 48.5 Å². The van der Waals surface area contributed by atoms with Gasteiger partial charge in [-0.05, 0) is 35.6 Å². The lowest BCUT2D eigenvalue weighted by atomic mass is 9.95. The molecule has 0 radical (unpaired) electrons. The summed E-state index contributed by atoms with van der Waals surface area (Å²) < 4.78 is 5.75. The molecule has 23 heavy (non-hydrogen) atoms. The van der Waals surface area contributed by atoms with Crippen LogP contribution in [0.5, 0.6) is 5.75 Å². The summed E-state index contributed by atoms with van der Waals surface area (Å²) in [5.74, 6) is 0.996. The van der Waals surface area contributed by atoms with Crippen molar-refractivity contribution in [2.45, 2.75) is 31.5 Å². The Morgan fingerprint density at radius 1 is 1.00 bits per heavy atom. The highest BCUT2D eigenvalue weighted by atomic mass is 16.5. The van der Waals surface area contributed by atoms with E-state index in [1.165, 1.54) is 11.1 Å². The molecule has 4 heteroatoms. The summed E-state index contributed by atoms with van der Waals surface area (Å²) in [6, 6.07) is 16.2. The van der Waals surface area contributed by atoms with Gasteiger partial charge in [-0.15, -0.1) is 0 Å². The zero-order valence-electron chi connectivity index (χ0n) is 12.9. The summed E-state index contributed by atoms with van der Waals surface area (Å²) in [7, 11) is 0. The molecule has 2 aliphatic rings. The predicted molar refractivity (Wildman–Crippen MR) is 88.3 cm³/mol. The van der Waals surface area contributed by atoms with Crippen molar-refractivity contribution >= 4 is 5.91 Å². The van der Waals surface area contributed by atoms with Crippen molar-refractivity contribution in [1.29, 1.82) is 0 Å². The third-order valence-corrected chi connectivity index (χ3v) is 4.62. The van der Waals surface area contributed by atoms with Gasteiger partial charge in [0.05, 0.1) is 12.1 Å². The van der Waals surface area contributed by atoms with Crippen LogP contribution >= 0.6 is 0 Å². The topological polar surface area (TPSA) is 50.4 Å². The van der Waals surface area contributed by atoms with Crippen LogP contribution < -0.4 is 15.4 Å². The Balaban J connectivity index is 1.40. The number of amides is 1. The molecule has 2 unspecified atom stereocenters. The van der Waals surface area contributed by atoms with E-state index in [1.54, 1.807) is 0 Å². The molecule has 2 N–H and O–H groups in total. The number of hydrogen-bond donors (Lipinski definition) is 2. The van der Waals surface area contributed by atoms with Gasteiger partial charge in [0.2, 0.25) is 5.91 Å². The molecule has 0 aromatic heterocycles. The lowest BCUT2D eigenvalue weighted by Gasteiger charge is -2.30. The van der Waals surface area contributed by atoms with Crippen LogP contribution in [0, 0.1) is 0 Å². The molecule has 0 aliphatic carbocycles. The third-order valence-electron chi connectivity index (χ3n) is 4.62. The van der Waals surface area contributed by atoms with Crippen LogP contribution in [0.3, 0.4) is 0 Å². The molecule has 2 atom stereocenters. The van der Waals surface area contributed by atoms with Crippen molar-refractivity contribution in [2.75, 3.05) is 6.61 Å². The van der Waals surface area contributed by atoms with E-state index >= 15 is 0 Å².